The first-order valence-corrected chi connectivity index (χ1v) is 8.11. The number of hydrogen-bond donors (Lipinski definition) is 1. The first-order chi connectivity index (χ1) is 11.2. The van der Waals surface area contributed by atoms with Crippen molar-refractivity contribution in [3.63, 3.8) is 0 Å². The van der Waals surface area contributed by atoms with E-state index in [0.717, 1.165) is 26.4 Å². The monoisotopic (exact) mass is 342 g/mol. The summed E-state index contributed by atoms with van der Waals surface area (Å²) in [6.07, 6.45) is 3.66. The maximum atomic E-state index is 12.0. The van der Waals surface area contributed by atoms with Crippen LogP contribution in [-0.4, -0.2) is 27.3 Å². The highest BCUT2D eigenvalue weighted by molar-refractivity contribution is 7.23. The van der Waals surface area contributed by atoms with Crippen LogP contribution < -0.4 is 5.32 Å². The van der Waals surface area contributed by atoms with Crippen LogP contribution in [0.2, 0.25) is 5.15 Å². The van der Waals surface area contributed by atoms with Gasteiger partial charge in [-0.05, 0) is 12.1 Å². The molecule has 1 N–H and O–H groups in total. The number of carbonyl (C=O) groups is 1. The van der Waals surface area contributed by atoms with Crippen molar-refractivity contribution in [2.75, 3.05) is 7.05 Å². The molecule has 4 rings (SSSR count). The van der Waals surface area contributed by atoms with E-state index in [1.165, 1.54) is 11.3 Å². The topological polar surface area (TPSA) is 59.3 Å². The highest BCUT2D eigenvalue weighted by atomic mass is 35.5. The number of halogens is 1. The van der Waals surface area contributed by atoms with Crippen LogP contribution in [0.25, 0.3) is 26.4 Å². The molecule has 1 aromatic carbocycles. The van der Waals surface area contributed by atoms with Gasteiger partial charge in [0, 0.05) is 24.4 Å². The van der Waals surface area contributed by atoms with E-state index in [-0.39, 0.29) is 5.91 Å². The maximum Gasteiger partial charge on any atom is 0.251 e. The van der Waals surface area contributed by atoms with Gasteiger partial charge in [0.25, 0.3) is 5.91 Å². The van der Waals surface area contributed by atoms with Gasteiger partial charge in [0.05, 0.1) is 22.1 Å². The number of fused-ring (bicyclic) bond motifs is 3. The molecule has 0 aliphatic heterocycles. The Morgan fingerprint density at radius 1 is 1.35 bits per heavy atom. The number of benzene rings is 1. The number of hydrogen-bond acceptors (Lipinski definition) is 4. The number of pyridine rings is 1. The average molecular weight is 343 g/mol. The molecule has 0 aliphatic carbocycles. The Morgan fingerprint density at radius 2 is 2.17 bits per heavy atom. The van der Waals surface area contributed by atoms with E-state index in [9.17, 15) is 4.79 Å². The second kappa shape index (κ2) is 5.33. The molecular weight excluding hydrogens is 332 g/mol. The summed E-state index contributed by atoms with van der Waals surface area (Å²) in [4.78, 5) is 21.7. The van der Waals surface area contributed by atoms with Crippen molar-refractivity contribution in [3.8, 4) is 11.3 Å². The number of nitrogens with one attached hydrogen (secondary N) is 1. The van der Waals surface area contributed by atoms with Crippen molar-refractivity contribution < 1.29 is 4.79 Å². The normalized spacial score (nSPS) is 11.2. The number of rotatable bonds is 2. The van der Waals surface area contributed by atoms with Crippen molar-refractivity contribution in [2.45, 2.75) is 0 Å². The number of nitrogens with zero attached hydrogens (tertiary/aromatic N) is 3. The lowest BCUT2D eigenvalue weighted by Crippen LogP contribution is -2.18. The fourth-order valence-corrected chi connectivity index (χ4v) is 3.78. The molecule has 0 aliphatic rings. The smallest absolute Gasteiger partial charge is 0.251 e. The van der Waals surface area contributed by atoms with Crippen LogP contribution in [0.3, 0.4) is 0 Å². The van der Waals surface area contributed by atoms with Crippen LogP contribution in [0, 0.1) is 0 Å². The second-order valence-electron chi connectivity index (χ2n) is 4.98. The molecule has 0 saturated carbocycles. The highest BCUT2D eigenvalue weighted by Gasteiger charge is 2.16. The molecule has 0 spiro atoms. The van der Waals surface area contributed by atoms with E-state index >= 15 is 0 Å². The molecule has 5 nitrogen and oxygen atoms in total. The van der Waals surface area contributed by atoms with Gasteiger partial charge in [-0.25, -0.2) is 9.97 Å². The summed E-state index contributed by atoms with van der Waals surface area (Å²) in [5.74, 6) is -0.129. The first-order valence-electron chi connectivity index (χ1n) is 6.92. The van der Waals surface area contributed by atoms with Crippen LogP contribution in [0.4, 0.5) is 0 Å². The molecule has 0 saturated heterocycles. The zero-order valence-electron chi connectivity index (χ0n) is 12.1. The Kier molecular flexibility index (Phi) is 3.28. The number of imidazole rings is 1. The van der Waals surface area contributed by atoms with E-state index in [0.29, 0.717) is 10.7 Å². The number of aromatic nitrogens is 3. The Hall–Kier alpha value is -2.44. The molecule has 0 atom stereocenters. The van der Waals surface area contributed by atoms with Gasteiger partial charge in [0.15, 0.2) is 4.96 Å². The molecule has 0 unspecified atom stereocenters. The summed E-state index contributed by atoms with van der Waals surface area (Å²) < 4.78 is 3.00. The van der Waals surface area contributed by atoms with Crippen LogP contribution in [0.1, 0.15) is 10.4 Å². The molecule has 0 radical (unpaired) electrons. The van der Waals surface area contributed by atoms with Crippen molar-refractivity contribution in [2.24, 2.45) is 0 Å². The molecule has 7 heteroatoms. The maximum absolute atomic E-state index is 12.0. The minimum atomic E-state index is -0.129. The lowest BCUT2D eigenvalue weighted by atomic mass is 10.0. The quantitative estimate of drug-likeness (QED) is 0.566. The van der Waals surface area contributed by atoms with Crippen molar-refractivity contribution >= 4 is 44.0 Å². The second-order valence-corrected chi connectivity index (χ2v) is 6.38. The minimum absolute atomic E-state index is 0.129. The SMILES string of the molecule is CNC(=O)c1ccccc1-c1cn2c(n1)sc1cc(Cl)ncc12. The van der Waals surface area contributed by atoms with Gasteiger partial charge in [-0.1, -0.05) is 41.1 Å². The van der Waals surface area contributed by atoms with Crippen molar-refractivity contribution in [3.05, 3.63) is 53.4 Å². The van der Waals surface area contributed by atoms with Crippen LogP contribution >= 0.6 is 22.9 Å². The molecule has 3 aromatic heterocycles. The Labute approximate surface area is 140 Å². The first kappa shape index (κ1) is 14.2. The summed E-state index contributed by atoms with van der Waals surface area (Å²) in [6, 6.07) is 9.26. The molecule has 0 bridgehead atoms. The van der Waals surface area contributed by atoms with Crippen LogP contribution in [0.5, 0.6) is 0 Å². The van der Waals surface area contributed by atoms with Crippen LogP contribution in [0.15, 0.2) is 42.7 Å². The number of thiazole rings is 1. The zero-order chi connectivity index (χ0) is 16.0. The summed E-state index contributed by atoms with van der Waals surface area (Å²) in [5, 5.41) is 3.12. The number of amides is 1. The molecule has 0 fully saturated rings. The van der Waals surface area contributed by atoms with Gasteiger partial charge in [0.1, 0.15) is 5.15 Å². The largest absolute Gasteiger partial charge is 0.355 e. The van der Waals surface area contributed by atoms with E-state index in [1.54, 1.807) is 19.3 Å². The third-order valence-corrected chi connectivity index (χ3v) is 4.85. The summed E-state index contributed by atoms with van der Waals surface area (Å²) in [6.45, 7) is 0. The standard InChI is InChI=1S/C16H11ClN4OS/c1-18-15(22)10-5-3-2-4-9(10)11-8-21-12-7-19-14(17)6-13(12)23-16(21)20-11/h2-8H,1H3,(H,18,22). The van der Waals surface area contributed by atoms with E-state index in [2.05, 4.69) is 15.3 Å². The highest BCUT2D eigenvalue weighted by Crippen LogP contribution is 2.31. The van der Waals surface area contributed by atoms with Gasteiger partial charge in [-0.2, -0.15) is 0 Å². The summed E-state index contributed by atoms with van der Waals surface area (Å²) >= 11 is 7.47. The van der Waals surface area contributed by atoms with Gasteiger partial charge in [-0.3, -0.25) is 9.20 Å². The predicted octanol–water partition coefficient (Wildman–Crippen LogP) is 3.62. The molecule has 4 aromatic rings. The van der Waals surface area contributed by atoms with Crippen LogP contribution in [-0.2, 0) is 0 Å². The predicted molar refractivity (Wildman–Crippen MR) is 92.2 cm³/mol. The third-order valence-electron chi connectivity index (χ3n) is 3.62. The molecule has 114 valence electrons. The summed E-state index contributed by atoms with van der Waals surface area (Å²) in [7, 11) is 1.62. The lowest BCUT2D eigenvalue weighted by Gasteiger charge is -2.05. The fraction of sp³-hybridized carbons (Fsp3) is 0.0625. The Balaban J connectivity index is 1.92. The minimum Gasteiger partial charge on any atom is -0.355 e. The van der Waals surface area contributed by atoms with Crippen molar-refractivity contribution in [1.29, 1.82) is 0 Å². The van der Waals surface area contributed by atoms with Gasteiger partial charge in [-0.15, -0.1) is 0 Å². The van der Waals surface area contributed by atoms with Gasteiger partial charge < -0.3 is 5.32 Å². The fourth-order valence-electron chi connectivity index (χ4n) is 2.54. The molecule has 1 amide bonds. The van der Waals surface area contributed by atoms with E-state index in [1.807, 2.05) is 34.9 Å². The van der Waals surface area contributed by atoms with E-state index < -0.39 is 0 Å². The Morgan fingerprint density at radius 3 is 3.00 bits per heavy atom. The number of carbonyl (C=O) groups excluding carboxylic acids is 1. The molecule has 3 heterocycles. The van der Waals surface area contributed by atoms with Crippen molar-refractivity contribution in [1.82, 2.24) is 19.7 Å². The zero-order valence-corrected chi connectivity index (χ0v) is 13.6. The lowest BCUT2D eigenvalue weighted by molar-refractivity contribution is 0.0963. The third kappa shape index (κ3) is 2.27. The van der Waals surface area contributed by atoms with Gasteiger partial charge in [0.2, 0.25) is 0 Å². The summed E-state index contributed by atoms with van der Waals surface area (Å²) in [5.41, 5.74) is 3.11. The van der Waals surface area contributed by atoms with Gasteiger partial charge >= 0.3 is 0 Å². The molecule has 23 heavy (non-hydrogen) atoms. The molecular formula is C16H11ClN4OS. The average Bonchev–Trinajstić information content (AvgIpc) is 3.11. The Bertz CT molecular complexity index is 1050. The van der Waals surface area contributed by atoms with E-state index in [4.69, 9.17) is 11.6 Å².